The van der Waals surface area contributed by atoms with Gasteiger partial charge >= 0.3 is 0 Å². The highest BCUT2D eigenvalue weighted by Crippen LogP contribution is 2.32. The maximum absolute atomic E-state index is 12.4. The van der Waals surface area contributed by atoms with Crippen LogP contribution in [0.3, 0.4) is 0 Å². The van der Waals surface area contributed by atoms with Crippen molar-refractivity contribution in [2.24, 2.45) is 4.99 Å². The Labute approximate surface area is 161 Å². The van der Waals surface area contributed by atoms with Crippen LogP contribution in [-0.4, -0.2) is 60.5 Å². The van der Waals surface area contributed by atoms with Gasteiger partial charge in [0.2, 0.25) is 5.91 Å². The molecule has 0 unspecified atom stereocenters. The van der Waals surface area contributed by atoms with Gasteiger partial charge in [-0.3, -0.25) is 9.59 Å². The normalized spacial score (nSPS) is 20.1. The average molecular weight is 398 g/mol. The lowest BCUT2D eigenvalue weighted by Crippen LogP contribution is -2.39. The number of hydrogen-bond acceptors (Lipinski definition) is 6. The molecule has 26 heavy (non-hydrogen) atoms. The van der Waals surface area contributed by atoms with Crippen molar-refractivity contribution in [2.75, 3.05) is 38.7 Å². The van der Waals surface area contributed by atoms with Crippen LogP contribution in [0.5, 0.6) is 5.75 Å². The average Bonchev–Trinajstić information content (AvgIpc) is 2.99. The SMILES string of the molecule is COc1cc(Cl)c(C)cc1NC(=O)C[C@@H]1SC(N2CCOCC2)=NC1=O. The lowest BCUT2D eigenvalue weighted by atomic mass is 10.2. The van der Waals surface area contributed by atoms with Gasteiger partial charge in [-0.25, -0.2) is 0 Å². The van der Waals surface area contributed by atoms with Crippen LogP contribution in [0.25, 0.3) is 0 Å². The Balaban J connectivity index is 1.61. The van der Waals surface area contributed by atoms with Crippen molar-refractivity contribution in [1.29, 1.82) is 0 Å². The molecule has 2 heterocycles. The first-order valence-corrected chi connectivity index (χ1v) is 9.49. The Bertz CT molecular complexity index is 750. The number of amides is 2. The van der Waals surface area contributed by atoms with Crippen LogP contribution < -0.4 is 10.1 Å². The molecule has 7 nitrogen and oxygen atoms in total. The van der Waals surface area contributed by atoms with E-state index in [1.54, 1.807) is 12.1 Å². The molecule has 1 fully saturated rings. The Kier molecular flexibility index (Phi) is 6.05. The van der Waals surface area contributed by atoms with Crippen LogP contribution in [0, 0.1) is 6.92 Å². The van der Waals surface area contributed by atoms with E-state index < -0.39 is 5.25 Å². The minimum Gasteiger partial charge on any atom is -0.495 e. The summed E-state index contributed by atoms with van der Waals surface area (Å²) in [6.07, 6.45) is 0.0473. The fourth-order valence-corrected chi connectivity index (χ4v) is 3.97. The molecule has 2 aliphatic rings. The number of amidine groups is 1. The van der Waals surface area contributed by atoms with Gasteiger partial charge in [0, 0.05) is 30.6 Å². The van der Waals surface area contributed by atoms with E-state index in [1.165, 1.54) is 18.9 Å². The number of carbonyl (C=O) groups excluding carboxylic acids is 2. The van der Waals surface area contributed by atoms with Gasteiger partial charge in [0.25, 0.3) is 5.91 Å². The van der Waals surface area contributed by atoms with Crippen LogP contribution in [0.4, 0.5) is 5.69 Å². The van der Waals surface area contributed by atoms with Crippen molar-refractivity contribution >= 4 is 46.0 Å². The summed E-state index contributed by atoms with van der Waals surface area (Å²) in [5, 5.41) is 3.53. The fraction of sp³-hybridized carbons (Fsp3) is 0.471. The summed E-state index contributed by atoms with van der Waals surface area (Å²) in [6, 6.07) is 3.40. The molecular weight excluding hydrogens is 378 g/mol. The Morgan fingerprint density at radius 2 is 2.19 bits per heavy atom. The highest BCUT2D eigenvalue weighted by Gasteiger charge is 2.33. The number of nitrogens with one attached hydrogen (secondary N) is 1. The van der Waals surface area contributed by atoms with E-state index in [0.29, 0.717) is 47.9 Å². The highest BCUT2D eigenvalue weighted by molar-refractivity contribution is 8.15. The monoisotopic (exact) mass is 397 g/mol. The zero-order valence-electron chi connectivity index (χ0n) is 14.6. The number of ether oxygens (including phenoxy) is 2. The third-order valence-electron chi connectivity index (χ3n) is 4.14. The molecule has 9 heteroatoms. The fourth-order valence-electron chi connectivity index (χ4n) is 2.70. The molecular formula is C17H20ClN3O4S. The summed E-state index contributed by atoms with van der Waals surface area (Å²) in [5.74, 6) is -0.0650. The molecule has 2 aliphatic heterocycles. The molecule has 1 aromatic carbocycles. The van der Waals surface area contributed by atoms with Gasteiger partial charge in [-0.05, 0) is 18.6 Å². The van der Waals surface area contributed by atoms with Crippen molar-refractivity contribution in [3.63, 3.8) is 0 Å². The summed E-state index contributed by atoms with van der Waals surface area (Å²) in [4.78, 5) is 30.7. The number of thioether (sulfide) groups is 1. The van der Waals surface area contributed by atoms with Gasteiger partial charge in [-0.1, -0.05) is 23.4 Å². The second kappa shape index (κ2) is 8.28. The van der Waals surface area contributed by atoms with E-state index in [4.69, 9.17) is 21.1 Å². The second-order valence-electron chi connectivity index (χ2n) is 5.99. The van der Waals surface area contributed by atoms with E-state index in [9.17, 15) is 9.59 Å². The van der Waals surface area contributed by atoms with E-state index >= 15 is 0 Å². The molecule has 0 aromatic heterocycles. The van der Waals surface area contributed by atoms with Crippen molar-refractivity contribution in [3.8, 4) is 5.75 Å². The van der Waals surface area contributed by atoms with E-state index in [0.717, 1.165) is 5.56 Å². The first-order chi connectivity index (χ1) is 12.5. The van der Waals surface area contributed by atoms with Gasteiger partial charge in [0.1, 0.15) is 11.0 Å². The Morgan fingerprint density at radius 3 is 2.88 bits per heavy atom. The van der Waals surface area contributed by atoms with E-state index in [-0.39, 0.29) is 18.2 Å². The van der Waals surface area contributed by atoms with Crippen LogP contribution in [0.15, 0.2) is 17.1 Å². The minimum absolute atomic E-state index is 0.0473. The smallest absolute Gasteiger partial charge is 0.262 e. The maximum Gasteiger partial charge on any atom is 0.262 e. The quantitative estimate of drug-likeness (QED) is 0.839. The minimum atomic E-state index is -0.507. The summed E-state index contributed by atoms with van der Waals surface area (Å²) in [5.41, 5.74) is 1.36. The van der Waals surface area contributed by atoms with Gasteiger partial charge < -0.3 is 19.7 Å². The summed E-state index contributed by atoms with van der Waals surface area (Å²) in [7, 11) is 1.51. The number of morpholine rings is 1. The van der Waals surface area contributed by atoms with Gasteiger partial charge in [0.15, 0.2) is 5.17 Å². The first-order valence-electron chi connectivity index (χ1n) is 8.24. The van der Waals surface area contributed by atoms with Gasteiger partial charge in [-0.2, -0.15) is 4.99 Å². The number of halogens is 1. The van der Waals surface area contributed by atoms with Gasteiger partial charge in [0.05, 0.1) is 26.0 Å². The topological polar surface area (TPSA) is 80.2 Å². The number of hydrogen-bond donors (Lipinski definition) is 1. The third-order valence-corrected chi connectivity index (χ3v) is 5.76. The number of anilines is 1. The molecule has 0 aliphatic carbocycles. The van der Waals surface area contributed by atoms with Crippen LogP contribution >= 0.6 is 23.4 Å². The molecule has 0 radical (unpaired) electrons. The van der Waals surface area contributed by atoms with E-state index in [1.807, 2.05) is 11.8 Å². The molecule has 140 valence electrons. The number of nitrogens with zero attached hydrogens (tertiary/aromatic N) is 2. The molecule has 0 saturated carbocycles. The molecule has 2 amide bonds. The van der Waals surface area contributed by atoms with Crippen LogP contribution in [0.2, 0.25) is 5.02 Å². The molecule has 1 aromatic rings. The molecule has 1 N–H and O–H groups in total. The summed E-state index contributed by atoms with van der Waals surface area (Å²) in [6.45, 7) is 4.50. The predicted octanol–water partition coefficient (Wildman–Crippen LogP) is 2.32. The Morgan fingerprint density at radius 1 is 1.46 bits per heavy atom. The number of rotatable bonds is 4. The highest BCUT2D eigenvalue weighted by atomic mass is 35.5. The Hall–Kier alpha value is -1.77. The zero-order valence-corrected chi connectivity index (χ0v) is 16.2. The number of benzene rings is 1. The molecule has 3 rings (SSSR count). The molecule has 0 bridgehead atoms. The third kappa shape index (κ3) is 4.31. The predicted molar refractivity (Wildman–Crippen MR) is 102 cm³/mol. The van der Waals surface area contributed by atoms with Crippen LogP contribution in [0.1, 0.15) is 12.0 Å². The number of aliphatic imine (C=N–C) groups is 1. The lowest BCUT2D eigenvalue weighted by molar-refractivity contribution is -0.121. The van der Waals surface area contributed by atoms with Crippen molar-refractivity contribution < 1.29 is 19.1 Å². The summed E-state index contributed by atoms with van der Waals surface area (Å²) < 4.78 is 10.6. The number of carbonyl (C=O) groups is 2. The molecule has 1 saturated heterocycles. The van der Waals surface area contributed by atoms with Crippen molar-refractivity contribution in [3.05, 3.63) is 22.7 Å². The van der Waals surface area contributed by atoms with Crippen molar-refractivity contribution in [2.45, 2.75) is 18.6 Å². The van der Waals surface area contributed by atoms with Crippen molar-refractivity contribution in [1.82, 2.24) is 4.90 Å². The standard InChI is InChI=1S/C17H20ClN3O4S/c1-10-7-12(13(24-2)8-11(10)18)19-15(22)9-14-16(23)20-17(26-14)21-3-5-25-6-4-21/h7-8,14H,3-6,9H2,1-2H3,(H,19,22)/t14-/m0/s1. The first kappa shape index (κ1) is 19.0. The number of methoxy groups -OCH3 is 1. The molecule has 1 atom stereocenters. The lowest BCUT2D eigenvalue weighted by Gasteiger charge is -2.27. The van der Waals surface area contributed by atoms with E-state index in [2.05, 4.69) is 10.3 Å². The molecule has 0 spiro atoms. The van der Waals surface area contributed by atoms with Crippen LogP contribution in [-0.2, 0) is 14.3 Å². The summed E-state index contributed by atoms with van der Waals surface area (Å²) >= 11 is 7.42. The largest absolute Gasteiger partial charge is 0.495 e. The maximum atomic E-state index is 12.4. The second-order valence-corrected chi connectivity index (χ2v) is 7.57. The van der Waals surface area contributed by atoms with Gasteiger partial charge in [-0.15, -0.1) is 0 Å². The zero-order chi connectivity index (χ0) is 18.7. The number of aryl methyl sites for hydroxylation is 1.